The van der Waals surface area contributed by atoms with Crippen molar-refractivity contribution in [1.82, 2.24) is 4.98 Å². The molecule has 0 unspecified atom stereocenters. The highest BCUT2D eigenvalue weighted by molar-refractivity contribution is 5.92. The minimum atomic E-state index is -4.47. The first-order valence-electron chi connectivity index (χ1n) is 6.46. The number of carbonyl (C=O) groups excluding carboxylic acids is 1. The molecule has 1 aliphatic rings. The Morgan fingerprint density at radius 2 is 1.90 bits per heavy atom. The molecule has 1 aromatic rings. The van der Waals surface area contributed by atoms with Crippen LogP contribution in [0.25, 0.3) is 0 Å². The Hall–Kier alpha value is -1.63. The molecule has 1 heterocycles. The van der Waals surface area contributed by atoms with Crippen molar-refractivity contribution in [2.45, 2.75) is 37.9 Å². The number of halogens is 3. The van der Waals surface area contributed by atoms with E-state index in [0.717, 1.165) is 25.1 Å². The summed E-state index contributed by atoms with van der Waals surface area (Å²) in [4.78, 5) is 15.3. The molecule has 0 spiro atoms. The molecule has 7 heteroatoms. The number of nitrogens with two attached hydrogens (primary N) is 1. The van der Waals surface area contributed by atoms with Gasteiger partial charge in [0.1, 0.15) is 5.69 Å². The molecule has 1 aromatic heterocycles. The van der Waals surface area contributed by atoms with E-state index in [2.05, 4.69) is 10.3 Å². The highest BCUT2D eigenvalue weighted by Gasteiger charge is 2.32. The van der Waals surface area contributed by atoms with Gasteiger partial charge in [-0.1, -0.05) is 0 Å². The molecule has 1 amide bonds. The largest absolute Gasteiger partial charge is 0.433 e. The summed E-state index contributed by atoms with van der Waals surface area (Å²) in [7, 11) is 0. The number of aromatic nitrogens is 1. The minimum Gasteiger partial charge on any atom is -0.328 e. The first kappa shape index (κ1) is 14.8. The summed E-state index contributed by atoms with van der Waals surface area (Å²) < 4.78 is 37.0. The van der Waals surface area contributed by atoms with Crippen LogP contribution in [0, 0.1) is 5.92 Å². The summed E-state index contributed by atoms with van der Waals surface area (Å²) in [5, 5.41) is 2.60. The molecule has 4 nitrogen and oxygen atoms in total. The van der Waals surface area contributed by atoms with Gasteiger partial charge < -0.3 is 11.1 Å². The lowest BCUT2D eigenvalue weighted by Gasteiger charge is -2.25. The Balaban J connectivity index is 1.94. The van der Waals surface area contributed by atoms with Crippen LogP contribution in [-0.4, -0.2) is 16.9 Å². The van der Waals surface area contributed by atoms with Crippen LogP contribution in [-0.2, 0) is 11.0 Å². The van der Waals surface area contributed by atoms with Crippen molar-refractivity contribution in [1.29, 1.82) is 0 Å². The highest BCUT2D eigenvalue weighted by atomic mass is 19.4. The van der Waals surface area contributed by atoms with Gasteiger partial charge in [-0.3, -0.25) is 4.79 Å². The fourth-order valence-electron chi connectivity index (χ4n) is 2.26. The Morgan fingerprint density at radius 3 is 2.40 bits per heavy atom. The van der Waals surface area contributed by atoms with Gasteiger partial charge in [0.2, 0.25) is 5.91 Å². The minimum absolute atomic E-state index is 0.128. The number of hydrogen-bond acceptors (Lipinski definition) is 3. The summed E-state index contributed by atoms with van der Waals surface area (Å²) in [6.45, 7) is 0. The van der Waals surface area contributed by atoms with Crippen LogP contribution in [0.15, 0.2) is 18.3 Å². The van der Waals surface area contributed by atoms with Crippen LogP contribution in [0.2, 0.25) is 0 Å². The molecular weight excluding hydrogens is 271 g/mol. The van der Waals surface area contributed by atoms with Gasteiger partial charge in [0.25, 0.3) is 0 Å². The second kappa shape index (κ2) is 5.78. The molecule has 0 aliphatic heterocycles. The van der Waals surface area contributed by atoms with E-state index in [4.69, 9.17) is 5.73 Å². The van der Waals surface area contributed by atoms with E-state index in [0.29, 0.717) is 12.8 Å². The monoisotopic (exact) mass is 287 g/mol. The van der Waals surface area contributed by atoms with Crippen molar-refractivity contribution in [3.05, 3.63) is 24.0 Å². The van der Waals surface area contributed by atoms with Gasteiger partial charge in [0.05, 0.1) is 11.9 Å². The molecule has 0 saturated heterocycles. The van der Waals surface area contributed by atoms with Gasteiger partial charge in [-0.25, -0.2) is 4.98 Å². The average Bonchev–Trinajstić information content (AvgIpc) is 2.39. The molecule has 110 valence electrons. The topological polar surface area (TPSA) is 68.0 Å². The van der Waals surface area contributed by atoms with Crippen LogP contribution in [0.5, 0.6) is 0 Å². The fraction of sp³-hybridized carbons (Fsp3) is 0.538. The van der Waals surface area contributed by atoms with E-state index < -0.39 is 11.9 Å². The molecule has 0 radical (unpaired) electrons. The number of alkyl halides is 3. The fourth-order valence-corrected chi connectivity index (χ4v) is 2.26. The number of amides is 1. The third kappa shape index (κ3) is 3.69. The highest BCUT2D eigenvalue weighted by Crippen LogP contribution is 2.28. The van der Waals surface area contributed by atoms with Crippen LogP contribution >= 0.6 is 0 Å². The van der Waals surface area contributed by atoms with Gasteiger partial charge >= 0.3 is 6.18 Å². The molecule has 0 bridgehead atoms. The van der Waals surface area contributed by atoms with E-state index in [1.54, 1.807) is 0 Å². The number of carbonyl (C=O) groups is 1. The predicted octanol–water partition coefficient (Wildman–Crippen LogP) is 2.56. The van der Waals surface area contributed by atoms with Crippen LogP contribution in [0.3, 0.4) is 0 Å². The molecular formula is C13H16F3N3O. The number of pyridine rings is 1. The maximum absolute atomic E-state index is 12.3. The molecule has 3 N–H and O–H groups in total. The van der Waals surface area contributed by atoms with Crippen molar-refractivity contribution in [2.24, 2.45) is 11.7 Å². The summed E-state index contributed by atoms with van der Waals surface area (Å²) >= 11 is 0. The average molecular weight is 287 g/mol. The third-order valence-corrected chi connectivity index (χ3v) is 3.46. The molecule has 2 rings (SSSR count). The van der Waals surface area contributed by atoms with E-state index in [-0.39, 0.29) is 23.6 Å². The van der Waals surface area contributed by atoms with Crippen LogP contribution < -0.4 is 11.1 Å². The van der Waals surface area contributed by atoms with E-state index >= 15 is 0 Å². The summed E-state index contributed by atoms with van der Waals surface area (Å²) in [6, 6.07) is 2.21. The molecule has 1 aliphatic carbocycles. The lowest BCUT2D eigenvalue weighted by atomic mass is 9.86. The molecule has 1 saturated carbocycles. The number of nitrogens with one attached hydrogen (secondary N) is 1. The Labute approximate surface area is 114 Å². The number of rotatable bonds is 2. The van der Waals surface area contributed by atoms with Crippen LogP contribution in [0.1, 0.15) is 31.4 Å². The van der Waals surface area contributed by atoms with Gasteiger partial charge in [-0.05, 0) is 37.8 Å². The quantitative estimate of drug-likeness (QED) is 0.878. The lowest BCUT2D eigenvalue weighted by molar-refractivity contribution is -0.141. The molecule has 0 aromatic carbocycles. The zero-order chi connectivity index (χ0) is 14.8. The van der Waals surface area contributed by atoms with Crippen LogP contribution in [0.4, 0.5) is 18.9 Å². The maximum Gasteiger partial charge on any atom is 0.433 e. The Bertz CT molecular complexity index is 465. The molecule has 1 fully saturated rings. The number of nitrogens with zero attached hydrogens (tertiary/aromatic N) is 1. The summed E-state index contributed by atoms with van der Waals surface area (Å²) in [5.41, 5.74) is 5.06. The zero-order valence-electron chi connectivity index (χ0n) is 10.8. The Kier molecular flexibility index (Phi) is 4.27. The van der Waals surface area contributed by atoms with E-state index in [9.17, 15) is 18.0 Å². The smallest absolute Gasteiger partial charge is 0.328 e. The molecule has 20 heavy (non-hydrogen) atoms. The maximum atomic E-state index is 12.3. The second-order valence-corrected chi connectivity index (χ2v) is 5.03. The van der Waals surface area contributed by atoms with Crippen molar-refractivity contribution in [3.63, 3.8) is 0 Å². The van der Waals surface area contributed by atoms with Gasteiger partial charge in [0.15, 0.2) is 0 Å². The van der Waals surface area contributed by atoms with Crippen molar-refractivity contribution >= 4 is 11.6 Å². The van der Waals surface area contributed by atoms with Gasteiger partial charge in [-0.15, -0.1) is 0 Å². The SMILES string of the molecule is NC1CCC(C(=O)Nc2ccc(C(F)(F)F)nc2)CC1. The first-order chi connectivity index (χ1) is 9.36. The standard InChI is InChI=1S/C13H16F3N3O/c14-13(15,16)11-6-5-10(7-18-11)19-12(20)8-1-3-9(17)4-2-8/h5-9H,1-4,17H2,(H,19,20). The number of anilines is 1. The first-order valence-corrected chi connectivity index (χ1v) is 6.46. The second-order valence-electron chi connectivity index (χ2n) is 5.03. The van der Waals surface area contributed by atoms with Crippen molar-refractivity contribution in [2.75, 3.05) is 5.32 Å². The predicted molar refractivity (Wildman–Crippen MR) is 67.8 cm³/mol. The number of hydrogen-bond donors (Lipinski definition) is 2. The summed E-state index contributed by atoms with van der Waals surface area (Å²) in [6.07, 6.45) is -0.438. The zero-order valence-corrected chi connectivity index (χ0v) is 10.8. The van der Waals surface area contributed by atoms with E-state index in [1.807, 2.05) is 0 Å². The van der Waals surface area contributed by atoms with Crippen molar-refractivity contribution in [3.8, 4) is 0 Å². The molecule has 0 atom stereocenters. The Morgan fingerprint density at radius 1 is 1.25 bits per heavy atom. The lowest BCUT2D eigenvalue weighted by Crippen LogP contribution is -2.32. The van der Waals surface area contributed by atoms with Crippen molar-refractivity contribution < 1.29 is 18.0 Å². The normalized spacial score (nSPS) is 23.4. The third-order valence-electron chi connectivity index (χ3n) is 3.46. The van der Waals surface area contributed by atoms with Gasteiger partial charge in [0, 0.05) is 12.0 Å². The van der Waals surface area contributed by atoms with E-state index in [1.165, 1.54) is 6.07 Å². The van der Waals surface area contributed by atoms with Gasteiger partial charge in [-0.2, -0.15) is 13.2 Å². The summed E-state index contributed by atoms with van der Waals surface area (Å²) in [5.74, 6) is -0.310.